The molecule has 1 rings (SSSR count). The second-order valence-corrected chi connectivity index (χ2v) is 3.29. The van der Waals surface area contributed by atoms with Crippen molar-refractivity contribution in [2.45, 2.75) is 11.9 Å². The maximum absolute atomic E-state index is 10.3. The van der Waals surface area contributed by atoms with Crippen molar-refractivity contribution in [2.24, 2.45) is 0 Å². The molecule has 12 heavy (non-hydrogen) atoms. The van der Waals surface area contributed by atoms with Crippen LogP contribution in [0.25, 0.3) is 0 Å². The zero-order valence-electron chi connectivity index (χ0n) is 6.90. The molecule has 0 amide bonds. The molecular weight excluding hydrogens is 178 g/mol. The number of carbonyl (C=O) groups is 1. The lowest BCUT2D eigenvalue weighted by Crippen LogP contribution is -2.33. The van der Waals surface area contributed by atoms with Crippen LogP contribution in [0, 0.1) is 0 Å². The van der Waals surface area contributed by atoms with Crippen molar-refractivity contribution in [3.63, 3.8) is 0 Å². The lowest BCUT2D eigenvalue weighted by molar-refractivity contribution is -0.137. The summed E-state index contributed by atoms with van der Waals surface area (Å²) < 4.78 is 0. The molecule has 0 aromatic rings. The van der Waals surface area contributed by atoms with Gasteiger partial charge >= 0.3 is 5.97 Å². The van der Waals surface area contributed by atoms with Crippen LogP contribution in [0.3, 0.4) is 0 Å². The van der Waals surface area contributed by atoms with Crippen molar-refractivity contribution in [1.82, 2.24) is 15.3 Å². The van der Waals surface area contributed by atoms with Gasteiger partial charge in [-0.05, 0) is 0 Å². The van der Waals surface area contributed by atoms with Crippen molar-refractivity contribution in [2.75, 3.05) is 20.3 Å². The average molecular weight is 191 g/mol. The Morgan fingerprint density at radius 3 is 2.92 bits per heavy atom. The summed E-state index contributed by atoms with van der Waals surface area (Å²) in [7, 11) is 1.89. The molecule has 6 heteroatoms. The van der Waals surface area contributed by atoms with Crippen LogP contribution in [0.2, 0.25) is 0 Å². The third-order valence-corrected chi connectivity index (χ3v) is 2.13. The summed E-state index contributed by atoms with van der Waals surface area (Å²) in [6.45, 7) is 1.24. The van der Waals surface area contributed by atoms with Crippen molar-refractivity contribution < 1.29 is 9.90 Å². The first-order chi connectivity index (χ1) is 5.59. The molecular formula is C6H13N3O2S. The third kappa shape index (κ3) is 2.63. The van der Waals surface area contributed by atoms with Gasteiger partial charge in [-0.25, -0.2) is 10.4 Å². The molecule has 0 radical (unpaired) electrons. The molecule has 70 valence electrons. The summed E-state index contributed by atoms with van der Waals surface area (Å²) in [6.07, 6.45) is 0.159. The van der Waals surface area contributed by atoms with Gasteiger partial charge in [-0.1, -0.05) is 0 Å². The van der Waals surface area contributed by atoms with E-state index in [1.807, 2.05) is 17.0 Å². The van der Waals surface area contributed by atoms with E-state index in [0.717, 1.165) is 0 Å². The summed E-state index contributed by atoms with van der Waals surface area (Å²) in [4.78, 5) is 12.2. The van der Waals surface area contributed by atoms with Gasteiger partial charge in [-0.2, -0.15) is 0 Å². The molecule has 0 bridgehead atoms. The summed E-state index contributed by atoms with van der Waals surface area (Å²) in [6, 6.07) is 0. The molecule has 1 aliphatic heterocycles. The summed E-state index contributed by atoms with van der Waals surface area (Å²) in [5.74, 6) is -0.773. The summed E-state index contributed by atoms with van der Waals surface area (Å²) in [5.41, 5.74) is 2.96. The molecule has 2 N–H and O–H groups in total. The van der Waals surface area contributed by atoms with Crippen molar-refractivity contribution in [1.29, 1.82) is 0 Å². The van der Waals surface area contributed by atoms with Gasteiger partial charge in [0.25, 0.3) is 0 Å². The van der Waals surface area contributed by atoms with E-state index in [2.05, 4.69) is 18.1 Å². The summed E-state index contributed by atoms with van der Waals surface area (Å²) >= 11 is 4.23. The SMILES string of the molecule is CN1CN(CCC(=O)O)C(S)N1. The predicted molar refractivity (Wildman–Crippen MR) is 47.5 cm³/mol. The molecule has 1 fully saturated rings. The molecule has 0 aromatic carbocycles. The van der Waals surface area contributed by atoms with Crippen LogP contribution in [0.1, 0.15) is 6.42 Å². The number of hydrogen-bond donors (Lipinski definition) is 3. The van der Waals surface area contributed by atoms with Crippen molar-refractivity contribution >= 4 is 18.6 Å². The second-order valence-electron chi connectivity index (χ2n) is 2.80. The van der Waals surface area contributed by atoms with Gasteiger partial charge in [-0.15, -0.1) is 12.6 Å². The Kier molecular flexibility index (Phi) is 3.33. The highest BCUT2D eigenvalue weighted by Crippen LogP contribution is 2.09. The second kappa shape index (κ2) is 4.08. The number of thiol groups is 1. The Labute approximate surface area is 76.7 Å². The number of carboxylic acid groups (broad SMARTS) is 1. The van der Waals surface area contributed by atoms with Crippen LogP contribution in [-0.2, 0) is 4.79 Å². The third-order valence-electron chi connectivity index (χ3n) is 1.69. The first-order valence-electron chi connectivity index (χ1n) is 3.71. The molecule has 5 nitrogen and oxygen atoms in total. The van der Waals surface area contributed by atoms with Gasteiger partial charge in [0, 0.05) is 13.6 Å². The molecule has 0 spiro atoms. The lowest BCUT2D eigenvalue weighted by Gasteiger charge is -2.16. The van der Waals surface area contributed by atoms with Gasteiger partial charge in [0.1, 0.15) is 5.50 Å². The Balaban J connectivity index is 2.28. The highest BCUT2D eigenvalue weighted by molar-refractivity contribution is 7.80. The maximum atomic E-state index is 10.3. The van der Waals surface area contributed by atoms with Gasteiger partial charge in [-0.3, -0.25) is 9.69 Å². The largest absolute Gasteiger partial charge is 0.481 e. The fourth-order valence-electron chi connectivity index (χ4n) is 1.10. The van der Waals surface area contributed by atoms with Crippen LogP contribution in [-0.4, -0.2) is 46.7 Å². The van der Waals surface area contributed by atoms with E-state index in [1.165, 1.54) is 0 Å². The maximum Gasteiger partial charge on any atom is 0.304 e. The van der Waals surface area contributed by atoms with E-state index in [-0.39, 0.29) is 11.9 Å². The Hall–Kier alpha value is -0.300. The van der Waals surface area contributed by atoms with Gasteiger partial charge < -0.3 is 5.11 Å². The molecule has 1 saturated heterocycles. The Bertz CT molecular complexity index is 178. The van der Waals surface area contributed by atoms with Gasteiger partial charge in [0.05, 0.1) is 13.1 Å². The smallest absolute Gasteiger partial charge is 0.304 e. The topological polar surface area (TPSA) is 55.8 Å². The fourth-order valence-corrected chi connectivity index (χ4v) is 1.49. The summed E-state index contributed by atoms with van der Waals surface area (Å²) in [5, 5.41) is 10.3. The minimum absolute atomic E-state index is 0.0608. The van der Waals surface area contributed by atoms with E-state index in [0.29, 0.717) is 13.2 Å². The zero-order chi connectivity index (χ0) is 9.14. The van der Waals surface area contributed by atoms with E-state index in [4.69, 9.17) is 5.11 Å². The average Bonchev–Trinajstić information content (AvgIpc) is 2.26. The quantitative estimate of drug-likeness (QED) is 0.519. The van der Waals surface area contributed by atoms with Crippen molar-refractivity contribution in [3.8, 4) is 0 Å². The Morgan fingerprint density at radius 1 is 1.83 bits per heavy atom. The molecule has 0 aromatic heterocycles. The Morgan fingerprint density at radius 2 is 2.50 bits per heavy atom. The van der Waals surface area contributed by atoms with E-state index in [9.17, 15) is 4.79 Å². The van der Waals surface area contributed by atoms with E-state index >= 15 is 0 Å². The number of hydrazine groups is 1. The molecule has 1 unspecified atom stereocenters. The minimum atomic E-state index is -0.773. The lowest BCUT2D eigenvalue weighted by atomic mass is 10.4. The first-order valence-corrected chi connectivity index (χ1v) is 4.22. The monoisotopic (exact) mass is 191 g/mol. The minimum Gasteiger partial charge on any atom is -0.481 e. The van der Waals surface area contributed by atoms with Crippen LogP contribution in [0.5, 0.6) is 0 Å². The highest BCUT2D eigenvalue weighted by atomic mass is 32.1. The molecule has 1 heterocycles. The number of rotatable bonds is 3. The molecule has 1 aliphatic rings. The van der Waals surface area contributed by atoms with Crippen LogP contribution in [0.4, 0.5) is 0 Å². The number of aliphatic carboxylic acids is 1. The normalized spacial score (nSPS) is 26.3. The standard InChI is InChI=1S/C6H13N3O2S/c1-8-4-9(6(12)7-8)3-2-5(10)11/h6-7,12H,2-4H2,1H3,(H,10,11). The highest BCUT2D eigenvalue weighted by Gasteiger charge is 2.24. The zero-order valence-corrected chi connectivity index (χ0v) is 7.79. The molecule has 1 atom stereocenters. The van der Waals surface area contributed by atoms with Crippen LogP contribution < -0.4 is 5.43 Å². The number of carboxylic acids is 1. The number of nitrogens with zero attached hydrogens (tertiary/aromatic N) is 2. The number of hydrogen-bond acceptors (Lipinski definition) is 5. The van der Waals surface area contributed by atoms with E-state index < -0.39 is 5.97 Å². The number of nitrogens with one attached hydrogen (secondary N) is 1. The van der Waals surface area contributed by atoms with Crippen molar-refractivity contribution in [3.05, 3.63) is 0 Å². The fraction of sp³-hybridized carbons (Fsp3) is 0.833. The predicted octanol–water partition coefficient (Wildman–Crippen LogP) is -0.616. The van der Waals surface area contributed by atoms with Crippen LogP contribution >= 0.6 is 12.6 Å². The molecule has 0 saturated carbocycles. The van der Waals surface area contributed by atoms with Gasteiger partial charge in [0.15, 0.2) is 0 Å². The van der Waals surface area contributed by atoms with E-state index in [1.54, 1.807) is 0 Å². The first kappa shape index (κ1) is 9.79. The van der Waals surface area contributed by atoms with Gasteiger partial charge in [0.2, 0.25) is 0 Å². The van der Waals surface area contributed by atoms with Crippen LogP contribution in [0.15, 0.2) is 0 Å². The molecule has 0 aliphatic carbocycles.